The first-order chi connectivity index (χ1) is 18.9. The van der Waals surface area contributed by atoms with Crippen molar-refractivity contribution in [2.24, 2.45) is 11.8 Å². The summed E-state index contributed by atoms with van der Waals surface area (Å²) < 4.78 is 0. The van der Waals surface area contributed by atoms with Gasteiger partial charge in [-0.3, -0.25) is 9.59 Å². The lowest BCUT2D eigenvalue weighted by Crippen LogP contribution is -2.53. The predicted molar refractivity (Wildman–Crippen MR) is 158 cm³/mol. The molecule has 0 unspecified atom stereocenters. The molecule has 2 aliphatic heterocycles. The molecule has 2 amide bonds. The Morgan fingerprint density at radius 1 is 1.13 bits per heavy atom. The molecular formula is C31H40ClN5O2. The van der Waals surface area contributed by atoms with Gasteiger partial charge in [0.1, 0.15) is 6.04 Å². The molecule has 1 fully saturated rings. The number of nitrogens with one attached hydrogen (secondary N) is 3. The summed E-state index contributed by atoms with van der Waals surface area (Å²) in [5.41, 5.74) is 4.03. The van der Waals surface area contributed by atoms with Crippen molar-refractivity contribution >= 4 is 40.0 Å². The van der Waals surface area contributed by atoms with Gasteiger partial charge in [-0.25, -0.2) is 0 Å². The number of para-hydroxylation sites is 1. The Labute approximate surface area is 236 Å². The van der Waals surface area contributed by atoms with Crippen molar-refractivity contribution in [3.05, 3.63) is 64.8 Å². The number of benzene rings is 2. The van der Waals surface area contributed by atoms with E-state index in [9.17, 15) is 9.59 Å². The highest BCUT2D eigenvalue weighted by Crippen LogP contribution is 2.33. The molecule has 5 rings (SSSR count). The Hall–Kier alpha value is -2.87. The summed E-state index contributed by atoms with van der Waals surface area (Å²) in [5, 5.41) is 8.30. The smallest absolute Gasteiger partial charge is 0.249 e. The molecule has 3 heterocycles. The first kappa shape index (κ1) is 27.7. The number of piperidine rings is 1. The van der Waals surface area contributed by atoms with Gasteiger partial charge in [0.25, 0.3) is 0 Å². The summed E-state index contributed by atoms with van der Waals surface area (Å²) in [5.74, 6) is 0.719. The third-order valence-corrected chi connectivity index (χ3v) is 8.38. The average molecular weight is 550 g/mol. The number of H-pyrrole nitrogens is 1. The van der Waals surface area contributed by atoms with Crippen LogP contribution in [0.5, 0.6) is 0 Å². The number of halogens is 1. The number of carbonyl (C=O) groups excluding carboxylic acids is 2. The molecule has 8 heteroatoms. The molecule has 39 heavy (non-hydrogen) atoms. The zero-order valence-electron chi connectivity index (χ0n) is 23.0. The second-order valence-electron chi connectivity index (χ2n) is 11.5. The van der Waals surface area contributed by atoms with E-state index >= 15 is 0 Å². The minimum absolute atomic E-state index is 0.0510. The van der Waals surface area contributed by atoms with Gasteiger partial charge in [0, 0.05) is 53.7 Å². The molecule has 0 aliphatic carbocycles. The van der Waals surface area contributed by atoms with Gasteiger partial charge in [-0.2, -0.15) is 0 Å². The van der Waals surface area contributed by atoms with Crippen LogP contribution in [0.25, 0.3) is 10.9 Å². The van der Waals surface area contributed by atoms with E-state index in [0.717, 1.165) is 73.0 Å². The molecule has 208 valence electrons. The molecule has 3 N–H and O–H groups in total. The number of amides is 2. The Bertz CT molecular complexity index is 1300. The van der Waals surface area contributed by atoms with Crippen LogP contribution in [0, 0.1) is 11.8 Å². The number of hydrogen-bond donors (Lipinski definition) is 3. The predicted octanol–water partition coefficient (Wildman–Crippen LogP) is 4.40. The van der Waals surface area contributed by atoms with Gasteiger partial charge in [-0.15, -0.1) is 0 Å². The van der Waals surface area contributed by atoms with Crippen LogP contribution in [0.4, 0.5) is 5.69 Å². The van der Waals surface area contributed by atoms with Crippen molar-refractivity contribution in [1.82, 2.24) is 20.5 Å². The number of aromatic amines is 1. The number of rotatable bonds is 9. The minimum atomic E-state index is -0.661. The van der Waals surface area contributed by atoms with E-state index < -0.39 is 6.04 Å². The molecule has 2 atom stereocenters. The van der Waals surface area contributed by atoms with Crippen LogP contribution < -0.4 is 15.5 Å². The summed E-state index contributed by atoms with van der Waals surface area (Å²) in [6.45, 7) is 3.51. The Kier molecular flexibility index (Phi) is 8.90. The van der Waals surface area contributed by atoms with Gasteiger partial charge in [0.2, 0.25) is 11.8 Å². The van der Waals surface area contributed by atoms with Crippen LogP contribution in [-0.4, -0.2) is 68.0 Å². The van der Waals surface area contributed by atoms with Crippen LogP contribution >= 0.6 is 11.6 Å². The molecule has 1 aromatic heterocycles. The number of anilines is 1. The molecule has 2 aliphatic rings. The minimum Gasteiger partial charge on any atom is -0.361 e. The number of nitrogens with zero attached hydrogens (tertiary/aromatic N) is 2. The second kappa shape index (κ2) is 12.5. The fourth-order valence-electron chi connectivity index (χ4n) is 6.24. The van der Waals surface area contributed by atoms with Gasteiger partial charge < -0.3 is 25.4 Å². The van der Waals surface area contributed by atoms with Crippen molar-refractivity contribution in [3.8, 4) is 0 Å². The maximum absolute atomic E-state index is 14.3. The Balaban J connectivity index is 1.40. The number of fused-ring (bicyclic) bond motifs is 2. The average Bonchev–Trinajstić information content (AvgIpc) is 3.33. The summed E-state index contributed by atoms with van der Waals surface area (Å²) in [6, 6.07) is 13.2. The van der Waals surface area contributed by atoms with Gasteiger partial charge in [0.05, 0.1) is 0 Å². The van der Waals surface area contributed by atoms with Crippen molar-refractivity contribution < 1.29 is 9.59 Å². The maximum Gasteiger partial charge on any atom is 0.249 e. The first-order valence-electron chi connectivity index (χ1n) is 14.2. The van der Waals surface area contributed by atoms with Crippen molar-refractivity contribution in [3.63, 3.8) is 0 Å². The number of hydrogen-bond acceptors (Lipinski definition) is 4. The number of aromatic nitrogens is 1. The van der Waals surface area contributed by atoms with Crippen LogP contribution in [0.3, 0.4) is 0 Å². The highest BCUT2D eigenvalue weighted by molar-refractivity contribution is 6.30. The molecule has 1 saturated heterocycles. The van der Waals surface area contributed by atoms with E-state index in [1.165, 1.54) is 0 Å². The third-order valence-electron chi connectivity index (χ3n) is 8.14. The lowest BCUT2D eigenvalue weighted by atomic mass is 9.91. The highest BCUT2D eigenvalue weighted by atomic mass is 35.5. The summed E-state index contributed by atoms with van der Waals surface area (Å²) in [6.07, 6.45) is 6.77. The van der Waals surface area contributed by atoms with Crippen LogP contribution in [0.15, 0.2) is 48.7 Å². The van der Waals surface area contributed by atoms with Crippen LogP contribution in [-0.2, 0) is 22.4 Å². The van der Waals surface area contributed by atoms with Crippen molar-refractivity contribution in [2.45, 2.75) is 44.6 Å². The normalized spacial score (nSPS) is 18.8. The lowest BCUT2D eigenvalue weighted by Gasteiger charge is -2.37. The summed E-state index contributed by atoms with van der Waals surface area (Å²) >= 11 is 6.36. The fraction of sp³-hybridized carbons (Fsp3) is 0.484. The molecule has 0 saturated carbocycles. The maximum atomic E-state index is 14.3. The second-order valence-corrected chi connectivity index (χ2v) is 11.9. The first-order valence-corrected chi connectivity index (χ1v) is 14.5. The van der Waals surface area contributed by atoms with Gasteiger partial charge >= 0.3 is 0 Å². The Morgan fingerprint density at radius 3 is 2.72 bits per heavy atom. The van der Waals surface area contributed by atoms with Gasteiger partial charge in [-0.1, -0.05) is 29.8 Å². The molecule has 0 radical (unpaired) electrons. The van der Waals surface area contributed by atoms with Crippen LogP contribution in [0.2, 0.25) is 5.02 Å². The Morgan fingerprint density at radius 2 is 1.92 bits per heavy atom. The van der Waals surface area contributed by atoms with E-state index in [1.54, 1.807) is 0 Å². The standard InChI is InChI=1S/C31H40ClN5O2/c1-36(2)19-22-15-23-16-25(32)8-9-29(23)37(20-22)31(39)28(17-24-18-34-27-6-4-3-5-26(24)27)35-30(38)10-7-21-11-13-33-14-12-21/h3-6,8-9,16,18,21-22,28,33-34H,7,10-15,17,19-20H2,1-2H3,(H,35,38)/t22-,28-/m1/s1. The van der Waals surface area contributed by atoms with Gasteiger partial charge in [0.15, 0.2) is 0 Å². The molecule has 2 aromatic carbocycles. The SMILES string of the molecule is CN(C)C[C@H]1Cc2cc(Cl)ccc2N(C(=O)[C@@H](Cc2c[nH]c3ccccc23)NC(=O)CCC2CCNCC2)C1. The molecule has 0 spiro atoms. The van der Waals surface area contributed by atoms with E-state index in [4.69, 9.17) is 11.6 Å². The van der Waals surface area contributed by atoms with Crippen molar-refractivity contribution in [1.29, 1.82) is 0 Å². The number of carbonyl (C=O) groups is 2. The fourth-order valence-corrected chi connectivity index (χ4v) is 6.44. The molecule has 7 nitrogen and oxygen atoms in total. The van der Waals surface area contributed by atoms with Crippen molar-refractivity contribution in [2.75, 3.05) is 45.2 Å². The highest BCUT2D eigenvalue weighted by Gasteiger charge is 2.34. The van der Waals surface area contributed by atoms with Crippen LogP contribution in [0.1, 0.15) is 36.8 Å². The molecule has 3 aromatic rings. The topological polar surface area (TPSA) is 80.5 Å². The monoisotopic (exact) mass is 549 g/mol. The quantitative estimate of drug-likeness (QED) is 0.370. The third kappa shape index (κ3) is 6.83. The largest absolute Gasteiger partial charge is 0.361 e. The zero-order valence-corrected chi connectivity index (χ0v) is 23.8. The molecular weight excluding hydrogens is 510 g/mol. The summed E-state index contributed by atoms with van der Waals surface area (Å²) in [7, 11) is 4.12. The van der Waals surface area contributed by atoms with E-state index in [1.807, 2.05) is 47.5 Å². The van der Waals surface area contributed by atoms with E-state index in [2.05, 4.69) is 40.7 Å². The zero-order chi connectivity index (χ0) is 27.4. The van der Waals surface area contributed by atoms with E-state index in [-0.39, 0.29) is 17.7 Å². The summed E-state index contributed by atoms with van der Waals surface area (Å²) in [4.78, 5) is 34.9. The van der Waals surface area contributed by atoms with Gasteiger partial charge in [-0.05, 0) is 100 Å². The molecule has 0 bridgehead atoms. The van der Waals surface area contributed by atoms with E-state index in [0.29, 0.717) is 30.3 Å². The lowest BCUT2D eigenvalue weighted by molar-refractivity contribution is -0.127.